The van der Waals surface area contributed by atoms with E-state index in [4.69, 9.17) is 14.2 Å². The SMILES string of the molecule is COc1cc(OC)nc(-n2ncc(Oc3ccccc3)c(Br)c2=O)n1. The van der Waals surface area contributed by atoms with Gasteiger partial charge in [0.15, 0.2) is 5.75 Å². The van der Waals surface area contributed by atoms with Crippen molar-refractivity contribution in [3.05, 3.63) is 57.4 Å². The predicted molar refractivity (Wildman–Crippen MR) is 92.7 cm³/mol. The number of aromatic nitrogens is 4. The summed E-state index contributed by atoms with van der Waals surface area (Å²) in [4.78, 5) is 20.8. The van der Waals surface area contributed by atoms with E-state index in [1.54, 1.807) is 12.1 Å². The molecule has 0 bridgehead atoms. The molecule has 3 aromatic rings. The number of para-hydroxylation sites is 1. The summed E-state index contributed by atoms with van der Waals surface area (Å²) in [6.07, 6.45) is 1.40. The number of nitrogens with zero attached hydrogens (tertiary/aromatic N) is 4. The fourth-order valence-corrected chi connectivity index (χ4v) is 2.29. The second-order valence-corrected chi connectivity index (χ2v) is 5.50. The lowest BCUT2D eigenvalue weighted by Gasteiger charge is -2.10. The molecule has 2 heterocycles. The predicted octanol–water partition coefficient (Wildman–Crippen LogP) is 2.59. The minimum absolute atomic E-state index is 0.0214. The lowest BCUT2D eigenvalue weighted by atomic mass is 10.3. The zero-order valence-electron chi connectivity index (χ0n) is 13.3. The molecule has 0 unspecified atom stereocenters. The number of hydrogen-bond donors (Lipinski definition) is 0. The van der Waals surface area contributed by atoms with Gasteiger partial charge < -0.3 is 14.2 Å². The van der Waals surface area contributed by atoms with Crippen molar-refractivity contribution in [2.45, 2.75) is 0 Å². The molecule has 1 aromatic carbocycles. The monoisotopic (exact) mass is 404 g/mol. The summed E-state index contributed by atoms with van der Waals surface area (Å²) in [5.41, 5.74) is -0.483. The standard InChI is InChI=1S/C16H13BrN4O4/c1-23-12-8-13(24-2)20-16(19-12)21-15(22)14(17)11(9-18-21)25-10-6-4-3-5-7-10/h3-9H,1-2H3. The van der Waals surface area contributed by atoms with E-state index in [9.17, 15) is 4.79 Å². The van der Waals surface area contributed by atoms with Crippen molar-refractivity contribution in [3.8, 4) is 29.2 Å². The molecular weight excluding hydrogens is 392 g/mol. The van der Waals surface area contributed by atoms with Crippen LogP contribution in [0, 0.1) is 0 Å². The molecule has 0 amide bonds. The number of benzene rings is 1. The number of hydrogen-bond acceptors (Lipinski definition) is 7. The highest BCUT2D eigenvalue weighted by Gasteiger charge is 2.15. The lowest BCUT2D eigenvalue weighted by Crippen LogP contribution is -2.24. The van der Waals surface area contributed by atoms with Crippen molar-refractivity contribution in [1.29, 1.82) is 0 Å². The molecule has 128 valence electrons. The second-order valence-electron chi connectivity index (χ2n) is 4.71. The van der Waals surface area contributed by atoms with E-state index in [0.29, 0.717) is 5.75 Å². The molecule has 25 heavy (non-hydrogen) atoms. The maximum Gasteiger partial charge on any atom is 0.292 e. The average Bonchev–Trinajstić information content (AvgIpc) is 2.66. The van der Waals surface area contributed by atoms with Gasteiger partial charge in [0.25, 0.3) is 11.5 Å². The van der Waals surface area contributed by atoms with Gasteiger partial charge in [-0.15, -0.1) is 0 Å². The van der Waals surface area contributed by atoms with Gasteiger partial charge >= 0.3 is 0 Å². The van der Waals surface area contributed by atoms with E-state index < -0.39 is 5.56 Å². The highest BCUT2D eigenvalue weighted by molar-refractivity contribution is 9.10. The molecule has 0 saturated heterocycles. The summed E-state index contributed by atoms with van der Waals surface area (Å²) >= 11 is 3.24. The van der Waals surface area contributed by atoms with Gasteiger partial charge in [0.1, 0.15) is 10.2 Å². The van der Waals surface area contributed by atoms with E-state index in [1.165, 1.54) is 26.5 Å². The van der Waals surface area contributed by atoms with Crippen LogP contribution < -0.4 is 19.8 Å². The molecule has 0 atom stereocenters. The zero-order chi connectivity index (χ0) is 17.8. The van der Waals surface area contributed by atoms with Crippen LogP contribution in [-0.4, -0.2) is 34.0 Å². The van der Waals surface area contributed by atoms with Gasteiger partial charge in [0.05, 0.1) is 26.5 Å². The summed E-state index contributed by atoms with van der Waals surface area (Å²) < 4.78 is 17.0. The van der Waals surface area contributed by atoms with E-state index in [-0.39, 0.29) is 27.9 Å². The van der Waals surface area contributed by atoms with Gasteiger partial charge in [-0.3, -0.25) is 4.79 Å². The van der Waals surface area contributed by atoms with Crippen LogP contribution in [0.15, 0.2) is 51.9 Å². The topological polar surface area (TPSA) is 88.4 Å². The third-order valence-corrected chi connectivity index (χ3v) is 3.86. The highest BCUT2D eigenvalue weighted by Crippen LogP contribution is 2.26. The minimum Gasteiger partial charge on any atom is -0.481 e. The highest BCUT2D eigenvalue weighted by atomic mass is 79.9. The Morgan fingerprint density at radius 3 is 2.28 bits per heavy atom. The fourth-order valence-electron chi connectivity index (χ4n) is 1.94. The summed E-state index contributed by atoms with van der Waals surface area (Å²) in [6.45, 7) is 0. The minimum atomic E-state index is -0.483. The summed E-state index contributed by atoms with van der Waals surface area (Å²) in [7, 11) is 2.91. The first kappa shape index (κ1) is 16.9. The Labute approximate surface area is 151 Å². The summed E-state index contributed by atoms with van der Waals surface area (Å²) in [5.74, 6) is 1.38. The molecule has 0 aliphatic carbocycles. The molecule has 0 saturated carbocycles. The maximum atomic E-state index is 12.6. The normalized spacial score (nSPS) is 10.4. The van der Waals surface area contributed by atoms with Gasteiger partial charge in [-0.05, 0) is 28.1 Å². The van der Waals surface area contributed by atoms with E-state index in [1.807, 2.05) is 18.2 Å². The quantitative estimate of drug-likeness (QED) is 0.645. The third-order valence-electron chi connectivity index (χ3n) is 3.13. The molecule has 0 aliphatic rings. The van der Waals surface area contributed by atoms with Crippen molar-refractivity contribution in [3.63, 3.8) is 0 Å². The van der Waals surface area contributed by atoms with Gasteiger partial charge in [0.2, 0.25) is 11.8 Å². The number of methoxy groups -OCH3 is 2. The number of ether oxygens (including phenoxy) is 3. The molecule has 8 nitrogen and oxygen atoms in total. The Balaban J connectivity index is 2.02. The van der Waals surface area contributed by atoms with Crippen molar-refractivity contribution in [2.75, 3.05) is 14.2 Å². The number of halogens is 1. The van der Waals surface area contributed by atoms with Crippen LogP contribution >= 0.6 is 15.9 Å². The summed E-state index contributed by atoms with van der Waals surface area (Å²) in [5, 5.41) is 4.07. The lowest BCUT2D eigenvalue weighted by molar-refractivity contribution is 0.369. The van der Waals surface area contributed by atoms with Crippen LogP contribution in [0.4, 0.5) is 0 Å². The third kappa shape index (κ3) is 3.61. The van der Waals surface area contributed by atoms with E-state index in [0.717, 1.165) is 4.68 Å². The van der Waals surface area contributed by atoms with E-state index in [2.05, 4.69) is 31.0 Å². The van der Waals surface area contributed by atoms with Crippen molar-refractivity contribution in [1.82, 2.24) is 19.7 Å². The molecule has 0 fully saturated rings. The Bertz CT molecular complexity index is 924. The van der Waals surface area contributed by atoms with Gasteiger partial charge in [0, 0.05) is 0 Å². The molecule has 0 N–H and O–H groups in total. The second kappa shape index (κ2) is 7.31. The van der Waals surface area contributed by atoms with Crippen LogP contribution in [0.2, 0.25) is 0 Å². The smallest absolute Gasteiger partial charge is 0.292 e. The molecule has 2 aromatic heterocycles. The molecule has 9 heteroatoms. The average molecular weight is 405 g/mol. The molecule has 0 spiro atoms. The molecule has 0 aliphatic heterocycles. The first-order valence-corrected chi connectivity index (χ1v) is 7.90. The van der Waals surface area contributed by atoms with Crippen molar-refractivity contribution < 1.29 is 14.2 Å². The van der Waals surface area contributed by atoms with E-state index >= 15 is 0 Å². The van der Waals surface area contributed by atoms with Crippen LogP contribution in [0.3, 0.4) is 0 Å². The first-order valence-electron chi connectivity index (χ1n) is 7.10. The largest absolute Gasteiger partial charge is 0.481 e. The van der Waals surface area contributed by atoms with Crippen molar-refractivity contribution in [2.24, 2.45) is 0 Å². The van der Waals surface area contributed by atoms with Gasteiger partial charge in [-0.1, -0.05) is 18.2 Å². The van der Waals surface area contributed by atoms with Crippen LogP contribution in [0.25, 0.3) is 5.95 Å². The van der Waals surface area contributed by atoms with Crippen LogP contribution in [-0.2, 0) is 0 Å². The molecule has 0 radical (unpaired) electrons. The van der Waals surface area contributed by atoms with Gasteiger partial charge in [-0.2, -0.15) is 19.7 Å². The first-order chi connectivity index (χ1) is 12.1. The fraction of sp³-hybridized carbons (Fsp3) is 0.125. The molecule has 3 rings (SSSR count). The van der Waals surface area contributed by atoms with Crippen LogP contribution in [0.5, 0.6) is 23.3 Å². The zero-order valence-corrected chi connectivity index (χ0v) is 14.9. The maximum absolute atomic E-state index is 12.6. The number of rotatable bonds is 5. The molecular formula is C16H13BrN4O4. The Hall–Kier alpha value is -2.94. The Morgan fingerprint density at radius 1 is 1.04 bits per heavy atom. The van der Waals surface area contributed by atoms with Crippen molar-refractivity contribution >= 4 is 15.9 Å². The van der Waals surface area contributed by atoms with Crippen LogP contribution in [0.1, 0.15) is 0 Å². The summed E-state index contributed by atoms with van der Waals surface area (Å²) in [6, 6.07) is 10.6. The Kier molecular flexibility index (Phi) is 4.94. The Morgan fingerprint density at radius 2 is 1.68 bits per heavy atom. The van der Waals surface area contributed by atoms with Gasteiger partial charge in [-0.25, -0.2) is 0 Å².